The third-order valence-corrected chi connectivity index (χ3v) is 1.81. The predicted octanol–water partition coefficient (Wildman–Crippen LogP) is 2.67. The average molecular weight is 207 g/mol. The van der Waals surface area contributed by atoms with Gasteiger partial charge in [-0.2, -0.15) is 13.2 Å². The molecule has 1 aromatic rings. The maximum Gasteiger partial charge on any atom is 0.416 e. The van der Waals surface area contributed by atoms with E-state index in [2.05, 4.69) is 0 Å². The molecule has 0 radical (unpaired) electrons. The quantitative estimate of drug-likeness (QED) is 0.741. The minimum Gasteiger partial charge on any atom is -0.322 e. The van der Waals surface area contributed by atoms with Gasteiger partial charge in [-0.15, -0.1) is 0 Å². The fraction of sp³-hybridized carbons (Fsp3) is 0.333. The molecule has 0 aliphatic heterocycles. The molecular formula is C9H9F4N. The molecule has 1 atom stereocenters. The molecular weight excluding hydrogens is 198 g/mol. The standard InChI is InChI=1S/C9H9F4N/c10-5-8(14)6-2-1-3-7(4-6)9(11,12)13/h1-4,8H,5,14H2/t8-/m0/s1. The van der Waals surface area contributed by atoms with Gasteiger partial charge in [0.2, 0.25) is 0 Å². The lowest BCUT2D eigenvalue weighted by atomic mass is 10.1. The van der Waals surface area contributed by atoms with Crippen LogP contribution in [-0.4, -0.2) is 6.67 Å². The zero-order chi connectivity index (χ0) is 10.8. The van der Waals surface area contributed by atoms with Crippen LogP contribution in [0.3, 0.4) is 0 Å². The number of rotatable bonds is 2. The summed E-state index contributed by atoms with van der Waals surface area (Å²) in [7, 11) is 0. The van der Waals surface area contributed by atoms with Crippen LogP contribution >= 0.6 is 0 Å². The summed E-state index contributed by atoms with van der Waals surface area (Å²) in [5.41, 5.74) is 4.61. The molecule has 0 amide bonds. The maximum absolute atomic E-state index is 12.2. The van der Waals surface area contributed by atoms with E-state index in [-0.39, 0.29) is 5.56 Å². The molecule has 14 heavy (non-hydrogen) atoms. The average Bonchev–Trinajstić information content (AvgIpc) is 2.15. The van der Waals surface area contributed by atoms with Crippen molar-refractivity contribution in [1.29, 1.82) is 0 Å². The Hall–Kier alpha value is -1.10. The summed E-state index contributed by atoms with van der Waals surface area (Å²) in [4.78, 5) is 0. The van der Waals surface area contributed by atoms with Gasteiger partial charge in [0.1, 0.15) is 6.67 Å². The number of benzene rings is 1. The molecule has 0 spiro atoms. The highest BCUT2D eigenvalue weighted by Gasteiger charge is 2.30. The molecule has 0 saturated carbocycles. The van der Waals surface area contributed by atoms with E-state index in [1.54, 1.807) is 0 Å². The van der Waals surface area contributed by atoms with Crippen LogP contribution in [0.5, 0.6) is 0 Å². The van der Waals surface area contributed by atoms with Crippen LogP contribution in [0.25, 0.3) is 0 Å². The minimum atomic E-state index is -4.41. The van der Waals surface area contributed by atoms with E-state index in [4.69, 9.17) is 5.73 Å². The van der Waals surface area contributed by atoms with E-state index in [1.807, 2.05) is 0 Å². The van der Waals surface area contributed by atoms with Crippen molar-refractivity contribution in [3.8, 4) is 0 Å². The fourth-order valence-electron chi connectivity index (χ4n) is 1.03. The Morgan fingerprint density at radius 1 is 1.29 bits per heavy atom. The first-order valence-electron chi connectivity index (χ1n) is 3.94. The van der Waals surface area contributed by atoms with Gasteiger partial charge in [0.25, 0.3) is 0 Å². The summed E-state index contributed by atoms with van der Waals surface area (Å²) < 4.78 is 48.7. The van der Waals surface area contributed by atoms with Crippen LogP contribution in [-0.2, 0) is 6.18 Å². The first kappa shape index (κ1) is 11.0. The van der Waals surface area contributed by atoms with E-state index in [9.17, 15) is 17.6 Å². The first-order valence-corrected chi connectivity index (χ1v) is 3.94. The number of hydrogen-bond acceptors (Lipinski definition) is 1. The lowest BCUT2D eigenvalue weighted by molar-refractivity contribution is -0.137. The van der Waals surface area contributed by atoms with Crippen LogP contribution < -0.4 is 5.73 Å². The van der Waals surface area contributed by atoms with E-state index >= 15 is 0 Å². The molecule has 0 aliphatic rings. The van der Waals surface area contributed by atoms with Crippen molar-refractivity contribution in [2.45, 2.75) is 12.2 Å². The Bertz CT molecular complexity index is 308. The molecule has 0 bridgehead atoms. The van der Waals surface area contributed by atoms with Gasteiger partial charge >= 0.3 is 6.18 Å². The summed E-state index contributed by atoms with van der Waals surface area (Å²) in [6.45, 7) is -0.874. The van der Waals surface area contributed by atoms with Crippen LogP contribution in [0.2, 0.25) is 0 Å². The largest absolute Gasteiger partial charge is 0.416 e. The molecule has 5 heteroatoms. The Kier molecular flexibility index (Phi) is 3.10. The van der Waals surface area contributed by atoms with Crippen molar-refractivity contribution in [3.63, 3.8) is 0 Å². The number of nitrogens with two attached hydrogens (primary N) is 1. The van der Waals surface area contributed by atoms with Crippen molar-refractivity contribution in [2.24, 2.45) is 5.73 Å². The summed E-state index contributed by atoms with van der Waals surface area (Å²) in [6.07, 6.45) is -4.41. The van der Waals surface area contributed by atoms with E-state index in [0.29, 0.717) is 0 Å². The molecule has 0 saturated heterocycles. The molecule has 0 unspecified atom stereocenters. The third-order valence-electron chi connectivity index (χ3n) is 1.81. The van der Waals surface area contributed by atoms with Crippen molar-refractivity contribution in [1.82, 2.24) is 0 Å². The van der Waals surface area contributed by atoms with Crippen molar-refractivity contribution in [2.75, 3.05) is 6.67 Å². The van der Waals surface area contributed by atoms with Gasteiger partial charge in [-0.1, -0.05) is 12.1 Å². The summed E-state index contributed by atoms with van der Waals surface area (Å²) >= 11 is 0. The topological polar surface area (TPSA) is 26.0 Å². The molecule has 0 aliphatic carbocycles. The molecule has 0 heterocycles. The Morgan fingerprint density at radius 3 is 2.43 bits per heavy atom. The van der Waals surface area contributed by atoms with Crippen molar-refractivity contribution >= 4 is 0 Å². The highest BCUT2D eigenvalue weighted by atomic mass is 19.4. The second kappa shape index (κ2) is 3.96. The van der Waals surface area contributed by atoms with Crippen molar-refractivity contribution < 1.29 is 17.6 Å². The van der Waals surface area contributed by atoms with Gasteiger partial charge in [-0.25, -0.2) is 4.39 Å². The van der Waals surface area contributed by atoms with Gasteiger partial charge < -0.3 is 5.73 Å². The maximum atomic E-state index is 12.2. The summed E-state index contributed by atoms with van der Waals surface area (Å²) in [6, 6.07) is 3.39. The summed E-state index contributed by atoms with van der Waals surface area (Å²) in [5, 5.41) is 0. The molecule has 1 nitrogen and oxygen atoms in total. The van der Waals surface area contributed by atoms with Crippen LogP contribution in [0.1, 0.15) is 17.2 Å². The zero-order valence-electron chi connectivity index (χ0n) is 7.18. The second-order valence-corrected chi connectivity index (χ2v) is 2.88. The Labute approximate surface area is 78.5 Å². The Morgan fingerprint density at radius 2 is 1.93 bits per heavy atom. The lowest BCUT2D eigenvalue weighted by Gasteiger charge is -2.11. The van der Waals surface area contributed by atoms with Gasteiger partial charge in [0.05, 0.1) is 11.6 Å². The molecule has 1 rings (SSSR count). The fourth-order valence-corrected chi connectivity index (χ4v) is 1.03. The predicted molar refractivity (Wildman–Crippen MR) is 44.3 cm³/mol. The van der Waals surface area contributed by atoms with E-state index < -0.39 is 24.5 Å². The van der Waals surface area contributed by atoms with Gasteiger partial charge in [0, 0.05) is 0 Å². The van der Waals surface area contributed by atoms with Crippen LogP contribution in [0.15, 0.2) is 24.3 Å². The van der Waals surface area contributed by atoms with E-state index in [0.717, 1.165) is 12.1 Å². The van der Waals surface area contributed by atoms with Gasteiger partial charge in [-0.05, 0) is 17.7 Å². The minimum absolute atomic E-state index is 0.155. The lowest BCUT2D eigenvalue weighted by Crippen LogP contribution is -2.14. The smallest absolute Gasteiger partial charge is 0.322 e. The zero-order valence-corrected chi connectivity index (χ0v) is 7.18. The molecule has 0 aromatic heterocycles. The Balaban J connectivity index is 3.01. The summed E-state index contributed by atoms with van der Waals surface area (Å²) in [5.74, 6) is 0. The van der Waals surface area contributed by atoms with Crippen LogP contribution in [0, 0.1) is 0 Å². The number of halogens is 4. The molecule has 0 fully saturated rings. The molecule has 2 N–H and O–H groups in total. The van der Waals surface area contributed by atoms with E-state index in [1.165, 1.54) is 12.1 Å². The number of hydrogen-bond donors (Lipinski definition) is 1. The third kappa shape index (κ3) is 2.45. The molecule has 78 valence electrons. The van der Waals surface area contributed by atoms with Gasteiger partial charge in [-0.3, -0.25) is 0 Å². The second-order valence-electron chi connectivity index (χ2n) is 2.88. The highest BCUT2D eigenvalue weighted by molar-refractivity contribution is 5.27. The normalized spacial score (nSPS) is 14.1. The highest BCUT2D eigenvalue weighted by Crippen LogP contribution is 2.30. The number of alkyl halides is 4. The van der Waals surface area contributed by atoms with Crippen molar-refractivity contribution in [3.05, 3.63) is 35.4 Å². The monoisotopic (exact) mass is 207 g/mol. The van der Waals surface area contributed by atoms with Gasteiger partial charge in [0.15, 0.2) is 0 Å². The SMILES string of the molecule is N[C@@H](CF)c1cccc(C(F)(F)F)c1. The first-order chi connectivity index (χ1) is 6.45. The molecule has 1 aromatic carbocycles. The van der Waals surface area contributed by atoms with Crippen LogP contribution in [0.4, 0.5) is 17.6 Å².